The molecular weight excluding hydrogens is 524 g/mol. The highest BCUT2D eigenvalue weighted by molar-refractivity contribution is 6.25. The van der Waals surface area contributed by atoms with Crippen molar-refractivity contribution in [3.8, 4) is 5.75 Å². The van der Waals surface area contributed by atoms with Crippen LogP contribution in [0.5, 0.6) is 5.75 Å². The van der Waals surface area contributed by atoms with Gasteiger partial charge in [0.1, 0.15) is 23.7 Å². The Kier molecular flexibility index (Phi) is 7.15. The number of ketones is 2. The van der Waals surface area contributed by atoms with Crippen LogP contribution >= 0.6 is 0 Å². The summed E-state index contributed by atoms with van der Waals surface area (Å²) < 4.78 is 4.91. The molecule has 3 aliphatic carbocycles. The number of fused-ring (bicyclic) bond motifs is 3. The number of benzene rings is 1. The van der Waals surface area contributed by atoms with Gasteiger partial charge in [-0.2, -0.15) is 0 Å². The van der Waals surface area contributed by atoms with E-state index in [1.165, 1.54) is 17.0 Å². The minimum absolute atomic E-state index is 0.0345. The number of aliphatic hydroxyl groups excluding tert-OH is 2. The number of amides is 2. The van der Waals surface area contributed by atoms with E-state index in [1.54, 1.807) is 33.1 Å². The normalized spacial score (nSPS) is 25.7. The van der Waals surface area contributed by atoms with Gasteiger partial charge in [0.15, 0.2) is 17.1 Å². The number of phenolic OH excluding ortho intramolecular Hbond substituents is 1. The minimum atomic E-state index is -2.74. The van der Waals surface area contributed by atoms with Crippen molar-refractivity contribution < 1.29 is 44.3 Å². The fourth-order valence-corrected chi connectivity index (χ4v) is 6.07. The third kappa shape index (κ3) is 4.09. The molecule has 0 radical (unpaired) electrons. The molecule has 0 aliphatic heterocycles. The summed E-state index contributed by atoms with van der Waals surface area (Å²) in [6, 6.07) is 0.394. The Morgan fingerprint density at radius 1 is 1.23 bits per heavy atom. The van der Waals surface area contributed by atoms with Gasteiger partial charge in [0.25, 0.3) is 5.91 Å². The van der Waals surface area contributed by atoms with E-state index < -0.39 is 69.9 Å². The molecule has 0 heterocycles. The van der Waals surface area contributed by atoms with E-state index in [9.17, 15) is 39.6 Å². The SMILES string of the molecule is C=CCOC(=O)Nc1cc(N(C)C)c2c(c1O)C(=O)C1=C(O)[C@@]3(O)C(=O)C(C(N)=O)=C(O)[C@@H](N(C)C)[C@H]3C[C@H]1C2. The first-order valence-electron chi connectivity index (χ1n) is 12.4. The van der Waals surface area contributed by atoms with E-state index in [-0.39, 0.29) is 36.3 Å². The zero-order valence-corrected chi connectivity index (χ0v) is 22.5. The molecule has 2 amide bonds. The molecule has 40 heavy (non-hydrogen) atoms. The number of ether oxygens (including phenoxy) is 1. The van der Waals surface area contributed by atoms with Crippen LogP contribution in [-0.4, -0.2) is 95.3 Å². The first-order valence-corrected chi connectivity index (χ1v) is 12.4. The number of phenols is 1. The maximum Gasteiger partial charge on any atom is 0.412 e. The van der Waals surface area contributed by atoms with Crippen LogP contribution in [0.25, 0.3) is 0 Å². The summed E-state index contributed by atoms with van der Waals surface area (Å²) in [5, 5.41) is 47.5. The van der Waals surface area contributed by atoms with Crippen molar-refractivity contribution in [3.63, 3.8) is 0 Å². The van der Waals surface area contributed by atoms with Gasteiger partial charge in [-0.15, -0.1) is 0 Å². The molecule has 4 rings (SSSR count). The molecule has 0 unspecified atom stereocenters. The van der Waals surface area contributed by atoms with Gasteiger partial charge in [-0.25, -0.2) is 4.79 Å². The second-order valence-corrected chi connectivity index (χ2v) is 10.5. The predicted octanol–water partition coefficient (Wildman–Crippen LogP) is 0.921. The standard InChI is InChI=1S/C27H32N4O9/c1-6-7-40-26(38)29-14-10-15(30(2)3)12-8-11-9-13-19(31(4)5)22(34)18(25(28)37)24(36)27(13,39)23(35)16(11)21(33)17(12)20(14)32/h6,10-11,13,19,32,34-35,39H,1,7-9H2,2-5H3,(H2,28,37)(H,29,38)/t11-,13-,19+,27-/m1/s1. The summed E-state index contributed by atoms with van der Waals surface area (Å²) in [4.78, 5) is 54.8. The minimum Gasteiger partial charge on any atom is -0.510 e. The molecule has 0 saturated heterocycles. The maximum absolute atomic E-state index is 13.9. The van der Waals surface area contributed by atoms with Gasteiger partial charge in [-0.05, 0) is 44.5 Å². The zero-order valence-electron chi connectivity index (χ0n) is 22.5. The van der Waals surface area contributed by atoms with Crippen LogP contribution in [0.1, 0.15) is 22.3 Å². The summed E-state index contributed by atoms with van der Waals surface area (Å²) in [5.41, 5.74) is 1.97. The number of allylic oxidation sites excluding steroid dienone is 1. The van der Waals surface area contributed by atoms with E-state index in [0.29, 0.717) is 11.3 Å². The number of nitrogens with zero attached hydrogens (tertiary/aromatic N) is 2. The van der Waals surface area contributed by atoms with Gasteiger partial charge in [-0.3, -0.25) is 24.6 Å². The molecule has 13 nitrogen and oxygen atoms in total. The number of aliphatic hydroxyl groups is 3. The van der Waals surface area contributed by atoms with Gasteiger partial charge in [0.05, 0.1) is 17.3 Å². The Labute approximate surface area is 229 Å². The Balaban J connectivity index is 1.92. The number of anilines is 2. The number of carbonyl (C=O) groups excluding carboxylic acids is 4. The largest absolute Gasteiger partial charge is 0.510 e. The van der Waals surface area contributed by atoms with Gasteiger partial charge < -0.3 is 35.8 Å². The zero-order chi connectivity index (χ0) is 29.8. The lowest BCUT2D eigenvalue weighted by molar-refractivity contribution is -0.148. The molecule has 0 fully saturated rings. The first-order chi connectivity index (χ1) is 18.7. The van der Waals surface area contributed by atoms with Crippen molar-refractivity contribution in [3.05, 3.63) is 52.5 Å². The van der Waals surface area contributed by atoms with Gasteiger partial charge >= 0.3 is 6.09 Å². The molecule has 0 saturated carbocycles. The fraction of sp³-hybridized carbons (Fsp3) is 0.407. The topological polar surface area (TPSA) is 203 Å². The summed E-state index contributed by atoms with van der Waals surface area (Å²) in [6.07, 6.45) is 0.513. The third-order valence-electron chi connectivity index (χ3n) is 7.75. The number of hydrogen-bond donors (Lipinski definition) is 6. The number of rotatable bonds is 6. The summed E-state index contributed by atoms with van der Waals surface area (Å²) in [5.74, 6) is -7.53. The van der Waals surface area contributed by atoms with Crippen LogP contribution in [0.2, 0.25) is 0 Å². The van der Waals surface area contributed by atoms with E-state index in [1.807, 2.05) is 0 Å². The smallest absolute Gasteiger partial charge is 0.412 e. The van der Waals surface area contributed by atoms with Crippen molar-refractivity contribution in [1.82, 2.24) is 4.90 Å². The first kappa shape index (κ1) is 28.6. The molecule has 3 aliphatic rings. The highest BCUT2D eigenvalue weighted by atomic mass is 16.5. The number of hydrogen-bond acceptors (Lipinski definition) is 11. The van der Waals surface area contributed by atoms with Crippen molar-refractivity contribution >= 4 is 34.9 Å². The summed E-state index contributed by atoms with van der Waals surface area (Å²) in [6.45, 7) is 3.36. The van der Waals surface area contributed by atoms with Crippen LogP contribution in [0.15, 0.2) is 41.4 Å². The quantitative estimate of drug-likeness (QED) is 0.165. The van der Waals surface area contributed by atoms with Crippen LogP contribution in [-0.2, 0) is 20.7 Å². The Morgan fingerprint density at radius 3 is 2.42 bits per heavy atom. The van der Waals surface area contributed by atoms with Crippen LogP contribution in [0.4, 0.5) is 16.2 Å². The number of aromatic hydroxyl groups is 1. The molecule has 0 spiro atoms. The molecule has 1 aromatic rings. The summed E-state index contributed by atoms with van der Waals surface area (Å²) in [7, 11) is 6.53. The predicted molar refractivity (Wildman–Crippen MR) is 143 cm³/mol. The van der Waals surface area contributed by atoms with Gasteiger partial charge in [0, 0.05) is 31.3 Å². The van der Waals surface area contributed by atoms with Gasteiger partial charge in [-0.1, -0.05) is 12.7 Å². The van der Waals surface area contributed by atoms with E-state index in [0.717, 1.165) is 0 Å². The maximum atomic E-state index is 13.9. The van der Waals surface area contributed by atoms with Crippen LogP contribution in [0.3, 0.4) is 0 Å². The number of likely N-dealkylation sites (N-methyl/N-ethyl adjacent to an activating group) is 1. The number of Topliss-reactive ketones (excluding diaryl/α,β-unsaturated/α-hetero) is 2. The van der Waals surface area contributed by atoms with Crippen molar-refractivity contribution in [2.24, 2.45) is 17.6 Å². The van der Waals surface area contributed by atoms with Gasteiger partial charge in [0.2, 0.25) is 5.78 Å². The molecule has 4 atom stereocenters. The number of primary amides is 1. The van der Waals surface area contributed by atoms with Crippen LogP contribution < -0.4 is 16.0 Å². The van der Waals surface area contributed by atoms with Crippen molar-refractivity contribution in [2.75, 3.05) is 45.0 Å². The van der Waals surface area contributed by atoms with E-state index in [2.05, 4.69) is 11.9 Å². The monoisotopic (exact) mass is 556 g/mol. The highest BCUT2D eigenvalue weighted by Crippen LogP contribution is 2.53. The molecule has 0 bridgehead atoms. The molecular formula is C27H32N4O9. The van der Waals surface area contributed by atoms with Crippen molar-refractivity contribution in [1.29, 1.82) is 0 Å². The molecule has 7 N–H and O–H groups in total. The molecule has 1 aromatic carbocycles. The number of nitrogens with two attached hydrogens (primary N) is 1. The van der Waals surface area contributed by atoms with Crippen molar-refractivity contribution in [2.45, 2.75) is 24.5 Å². The molecule has 0 aromatic heterocycles. The number of nitrogens with one attached hydrogen (secondary N) is 1. The highest BCUT2D eigenvalue weighted by Gasteiger charge is 2.63. The van der Waals surface area contributed by atoms with E-state index in [4.69, 9.17) is 10.5 Å². The Hall–Kier alpha value is -4.36. The average Bonchev–Trinajstić information content (AvgIpc) is 2.85. The van der Waals surface area contributed by atoms with Crippen LogP contribution in [0, 0.1) is 11.8 Å². The lowest BCUT2D eigenvalue weighted by atomic mass is 9.58. The molecule has 13 heteroatoms. The third-order valence-corrected chi connectivity index (χ3v) is 7.75. The summed E-state index contributed by atoms with van der Waals surface area (Å²) >= 11 is 0. The lowest BCUT2D eigenvalue weighted by Crippen LogP contribution is -2.63. The average molecular weight is 557 g/mol. The second-order valence-electron chi connectivity index (χ2n) is 10.5. The molecule has 214 valence electrons. The van der Waals surface area contributed by atoms with E-state index >= 15 is 0 Å². The number of carbonyl (C=O) groups is 4. The Bertz CT molecular complexity index is 1410. The fourth-order valence-electron chi connectivity index (χ4n) is 6.07. The lowest BCUT2D eigenvalue weighted by Gasteiger charge is -2.50. The second kappa shape index (κ2) is 9.99. The Morgan fingerprint density at radius 2 is 1.88 bits per heavy atom.